The van der Waals surface area contributed by atoms with E-state index < -0.39 is 17.9 Å². The fraction of sp³-hybridized carbons (Fsp3) is 0.375. The molecule has 0 heterocycles. The molecular weight excluding hydrogens is 270 g/mol. The predicted molar refractivity (Wildman–Crippen MR) is 81.0 cm³/mol. The first-order chi connectivity index (χ1) is 9.99. The lowest BCUT2D eigenvalue weighted by atomic mass is 9.99. The van der Waals surface area contributed by atoms with Crippen LogP contribution in [0.3, 0.4) is 0 Å². The number of para-hydroxylation sites is 1. The smallest absolute Gasteiger partial charge is 0.326 e. The van der Waals surface area contributed by atoms with Crippen molar-refractivity contribution >= 4 is 18.0 Å². The van der Waals surface area contributed by atoms with Crippen molar-refractivity contribution < 1.29 is 19.4 Å². The maximum absolute atomic E-state index is 11.8. The molecule has 114 valence electrons. The molecular formula is C16H21NO4. The Labute approximate surface area is 124 Å². The van der Waals surface area contributed by atoms with Gasteiger partial charge in [0.05, 0.1) is 7.11 Å². The largest absolute Gasteiger partial charge is 0.496 e. The molecule has 1 rings (SSSR count). The number of methoxy groups -OCH3 is 1. The fourth-order valence-electron chi connectivity index (χ4n) is 1.85. The Morgan fingerprint density at radius 1 is 1.38 bits per heavy atom. The molecule has 0 aliphatic carbocycles. The lowest BCUT2D eigenvalue weighted by Crippen LogP contribution is -2.44. The molecule has 0 saturated heterocycles. The van der Waals surface area contributed by atoms with Crippen LogP contribution in [0.2, 0.25) is 0 Å². The summed E-state index contributed by atoms with van der Waals surface area (Å²) < 4.78 is 5.18. The van der Waals surface area contributed by atoms with Crippen LogP contribution >= 0.6 is 0 Å². The van der Waals surface area contributed by atoms with Gasteiger partial charge in [-0.25, -0.2) is 4.79 Å². The molecule has 0 aromatic heterocycles. The van der Waals surface area contributed by atoms with Crippen LogP contribution in [0.4, 0.5) is 0 Å². The Morgan fingerprint density at radius 3 is 2.62 bits per heavy atom. The minimum atomic E-state index is -1.02. The number of hydrogen-bond acceptors (Lipinski definition) is 3. The number of nitrogens with one attached hydrogen (secondary N) is 1. The first-order valence-electron chi connectivity index (χ1n) is 6.84. The number of carboxylic acid groups (broad SMARTS) is 1. The van der Waals surface area contributed by atoms with Crippen molar-refractivity contribution in [1.29, 1.82) is 0 Å². The molecule has 0 bridgehead atoms. The fourth-order valence-corrected chi connectivity index (χ4v) is 1.85. The number of carboxylic acids is 1. The average Bonchev–Trinajstić information content (AvgIpc) is 2.49. The average molecular weight is 291 g/mol. The van der Waals surface area contributed by atoms with Crippen molar-refractivity contribution in [3.05, 3.63) is 35.9 Å². The third kappa shape index (κ3) is 4.95. The number of aliphatic carboxylic acids is 1. The van der Waals surface area contributed by atoms with E-state index in [0.717, 1.165) is 5.56 Å². The summed E-state index contributed by atoms with van der Waals surface area (Å²) in [5.41, 5.74) is 0.755. The Hall–Kier alpha value is -2.30. The van der Waals surface area contributed by atoms with Crippen LogP contribution in [0.5, 0.6) is 5.75 Å². The van der Waals surface area contributed by atoms with Gasteiger partial charge in [0.25, 0.3) is 0 Å². The summed E-state index contributed by atoms with van der Waals surface area (Å²) in [6, 6.07) is 6.38. The molecule has 21 heavy (non-hydrogen) atoms. The third-order valence-corrected chi connectivity index (χ3v) is 3.33. The van der Waals surface area contributed by atoms with Gasteiger partial charge in [-0.2, -0.15) is 0 Å². The summed E-state index contributed by atoms with van der Waals surface area (Å²) >= 11 is 0. The lowest BCUT2D eigenvalue weighted by Gasteiger charge is -2.19. The van der Waals surface area contributed by atoms with Gasteiger partial charge in [-0.05, 0) is 18.1 Å². The van der Waals surface area contributed by atoms with Crippen molar-refractivity contribution in [2.75, 3.05) is 7.11 Å². The monoisotopic (exact) mass is 291 g/mol. The van der Waals surface area contributed by atoms with Crippen LogP contribution in [-0.4, -0.2) is 30.1 Å². The molecule has 0 radical (unpaired) electrons. The summed E-state index contributed by atoms with van der Waals surface area (Å²) in [5.74, 6) is -0.943. The molecule has 0 saturated carbocycles. The standard InChI is InChI=1S/C16H21NO4/c1-4-11(2)15(16(19)20)17-14(18)10-9-12-7-5-6-8-13(12)21-3/h5-11,15H,4H2,1-3H3,(H,17,18)(H,19,20)/b10-9+/t11?,15-/m0/s1. The van der Waals surface area contributed by atoms with Crippen LogP contribution in [0.25, 0.3) is 6.08 Å². The van der Waals surface area contributed by atoms with Gasteiger partial charge in [-0.15, -0.1) is 0 Å². The van der Waals surface area contributed by atoms with Crippen LogP contribution in [-0.2, 0) is 9.59 Å². The van der Waals surface area contributed by atoms with E-state index in [2.05, 4.69) is 5.32 Å². The number of ether oxygens (including phenoxy) is 1. The molecule has 5 nitrogen and oxygen atoms in total. The number of carbonyl (C=O) groups is 2. The number of amides is 1. The van der Waals surface area contributed by atoms with E-state index in [1.165, 1.54) is 6.08 Å². The molecule has 0 spiro atoms. The second kappa shape index (κ2) is 8.09. The van der Waals surface area contributed by atoms with E-state index in [4.69, 9.17) is 9.84 Å². The SMILES string of the molecule is CCC(C)[C@H](NC(=O)/C=C/c1ccccc1OC)C(=O)O. The van der Waals surface area contributed by atoms with Crippen molar-refractivity contribution in [1.82, 2.24) is 5.32 Å². The van der Waals surface area contributed by atoms with Crippen molar-refractivity contribution in [3.63, 3.8) is 0 Å². The summed E-state index contributed by atoms with van der Waals surface area (Å²) in [6.07, 6.45) is 3.59. The normalized spacial score (nSPS) is 13.7. The second-order valence-electron chi connectivity index (χ2n) is 4.79. The summed E-state index contributed by atoms with van der Waals surface area (Å²) in [4.78, 5) is 23.0. The van der Waals surface area contributed by atoms with Gasteiger partial charge < -0.3 is 15.2 Å². The third-order valence-electron chi connectivity index (χ3n) is 3.33. The van der Waals surface area contributed by atoms with E-state index in [9.17, 15) is 9.59 Å². The zero-order chi connectivity index (χ0) is 15.8. The Bertz CT molecular complexity index is 525. The maximum Gasteiger partial charge on any atom is 0.326 e. The van der Waals surface area contributed by atoms with Crippen molar-refractivity contribution in [2.45, 2.75) is 26.3 Å². The zero-order valence-electron chi connectivity index (χ0n) is 12.5. The molecule has 1 aromatic carbocycles. The quantitative estimate of drug-likeness (QED) is 0.756. The summed E-state index contributed by atoms with van der Waals surface area (Å²) in [6.45, 7) is 3.68. The lowest BCUT2D eigenvalue weighted by molar-refractivity contribution is -0.142. The van der Waals surface area contributed by atoms with E-state index in [1.807, 2.05) is 25.1 Å². The highest BCUT2D eigenvalue weighted by Gasteiger charge is 2.24. The Kier molecular flexibility index (Phi) is 6.46. The van der Waals surface area contributed by atoms with Gasteiger partial charge in [-0.1, -0.05) is 38.5 Å². The van der Waals surface area contributed by atoms with E-state index in [-0.39, 0.29) is 5.92 Å². The van der Waals surface area contributed by atoms with Crippen LogP contribution < -0.4 is 10.1 Å². The Balaban J connectivity index is 2.76. The van der Waals surface area contributed by atoms with Gasteiger partial charge in [0.2, 0.25) is 5.91 Å². The van der Waals surface area contributed by atoms with Crippen LogP contribution in [0.15, 0.2) is 30.3 Å². The van der Waals surface area contributed by atoms with Gasteiger partial charge in [0.15, 0.2) is 0 Å². The van der Waals surface area contributed by atoms with E-state index in [0.29, 0.717) is 12.2 Å². The predicted octanol–water partition coefficient (Wildman–Crippen LogP) is 2.32. The Morgan fingerprint density at radius 2 is 2.05 bits per heavy atom. The molecule has 1 amide bonds. The van der Waals surface area contributed by atoms with Gasteiger partial charge >= 0.3 is 5.97 Å². The molecule has 2 atom stereocenters. The van der Waals surface area contributed by atoms with Crippen LogP contribution in [0.1, 0.15) is 25.8 Å². The first-order valence-corrected chi connectivity index (χ1v) is 6.84. The second-order valence-corrected chi connectivity index (χ2v) is 4.79. The highest BCUT2D eigenvalue weighted by atomic mass is 16.5. The molecule has 1 unspecified atom stereocenters. The number of hydrogen-bond donors (Lipinski definition) is 2. The minimum Gasteiger partial charge on any atom is -0.496 e. The summed E-state index contributed by atoms with van der Waals surface area (Å²) in [5, 5.41) is 11.6. The molecule has 0 fully saturated rings. The molecule has 0 aliphatic heterocycles. The van der Waals surface area contributed by atoms with E-state index >= 15 is 0 Å². The molecule has 1 aromatic rings. The number of rotatable bonds is 7. The van der Waals surface area contributed by atoms with Gasteiger partial charge in [0, 0.05) is 11.6 Å². The van der Waals surface area contributed by atoms with Crippen LogP contribution in [0, 0.1) is 5.92 Å². The zero-order valence-corrected chi connectivity index (χ0v) is 12.5. The van der Waals surface area contributed by atoms with Crippen molar-refractivity contribution in [3.8, 4) is 5.75 Å². The maximum atomic E-state index is 11.8. The molecule has 0 aliphatic rings. The van der Waals surface area contributed by atoms with Crippen molar-refractivity contribution in [2.24, 2.45) is 5.92 Å². The highest BCUT2D eigenvalue weighted by Crippen LogP contribution is 2.18. The van der Waals surface area contributed by atoms with E-state index in [1.54, 1.807) is 26.2 Å². The molecule has 2 N–H and O–H groups in total. The molecule has 5 heteroatoms. The number of carbonyl (C=O) groups excluding carboxylic acids is 1. The number of benzene rings is 1. The topological polar surface area (TPSA) is 75.6 Å². The van der Waals surface area contributed by atoms with Gasteiger partial charge in [0.1, 0.15) is 11.8 Å². The van der Waals surface area contributed by atoms with Gasteiger partial charge in [-0.3, -0.25) is 4.79 Å². The highest BCUT2D eigenvalue weighted by molar-refractivity contribution is 5.94. The summed E-state index contributed by atoms with van der Waals surface area (Å²) in [7, 11) is 1.55. The first kappa shape index (κ1) is 16.8. The minimum absolute atomic E-state index is 0.133.